The van der Waals surface area contributed by atoms with Crippen molar-refractivity contribution in [3.63, 3.8) is 0 Å². The summed E-state index contributed by atoms with van der Waals surface area (Å²) in [5.74, 6) is 0. The van der Waals surface area contributed by atoms with Crippen LogP contribution in [0, 0.1) is 0 Å². The highest BCUT2D eigenvalue weighted by Crippen LogP contribution is 2.33. The van der Waals surface area contributed by atoms with Crippen molar-refractivity contribution in [1.29, 1.82) is 0 Å². The Labute approximate surface area is 145 Å². The second kappa shape index (κ2) is 7.46. The molecule has 1 aromatic heterocycles. The number of hydrogen-bond donors (Lipinski definition) is 2. The SMILES string of the molecule is C[Si](C)(C)CCOCn1ncc(NC2CC[C@@H]2O)c(C(F)(F)F)c1=O. The van der Waals surface area contributed by atoms with Crippen LogP contribution in [-0.4, -0.2) is 41.7 Å². The number of anilines is 1. The number of aliphatic hydroxyl groups is 1. The van der Waals surface area contributed by atoms with E-state index in [9.17, 15) is 23.1 Å². The first-order chi connectivity index (χ1) is 11.5. The Morgan fingerprint density at radius 2 is 2.08 bits per heavy atom. The summed E-state index contributed by atoms with van der Waals surface area (Å²) in [7, 11) is -1.33. The molecule has 10 heteroatoms. The highest BCUT2D eigenvalue weighted by Gasteiger charge is 2.40. The Balaban J connectivity index is 2.15. The molecular weight excluding hydrogens is 355 g/mol. The summed E-state index contributed by atoms with van der Waals surface area (Å²) >= 11 is 0. The van der Waals surface area contributed by atoms with Gasteiger partial charge in [0, 0.05) is 14.7 Å². The van der Waals surface area contributed by atoms with Crippen molar-refractivity contribution in [2.75, 3.05) is 11.9 Å². The molecule has 1 aromatic rings. The molecule has 142 valence electrons. The van der Waals surface area contributed by atoms with Crippen LogP contribution in [-0.2, 0) is 17.6 Å². The van der Waals surface area contributed by atoms with E-state index < -0.39 is 43.2 Å². The first-order valence-electron chi connectivity index (χ1n) is 8.19. The van der Waals surface area contributed by atoms with Crippen molar-refractivity contribution < 1.29 is 23.0 Å². The Bertz CT molecular complexity index is 658. The second-order valence-electron chi connectivity index (χ2n) is 7.48. The minimum atomic E-state index is -4.82. The number of halogens is 3. The lowest BCUT2D eigenvalue weighted by molar-refractivity contribution is -0.138. The van der Waals surface area contributed by atoms with Crippen LogP contribution < -0.4 is 10.9 Å². The molecule has 1 saturated carbocycles. The number of ether oxygens (including phenoxy) is 1. The minimum absolute atomic E-state index is 0.321. The van der Waals surface area contributed by atoms with Crippen LogP contribution in [0.25, 0.3) is 0 Å². The molecule has 0 spiro atoms. The van der Waals surface area contributed by atoms with Crippen LogP contribution in [0.15, 0.2) is 11.0 Å². The van der Waals surface area contributed by atoms with Gasteiger partial charge in [0.25, 0.3) is 5.56 Å². The van der Waals surface area contributed by atoms with Crippen molar-refractivity contribution in [1.82, 2.24) is 9.78 Å². The van der Waals surface area contributed by atoms with Crippen molar-refractivity contribution in [3.8, 4) is 0 Å². The first-order valence-corrected chi connectivity index (χ1v) is 11.9. The zero-order valence-corrected chi connectivity index (χ0v) is 15.6. The van der Waals surface area contributed by atoms with Crippen LogP contribution in [0.4, 0.5) is 18.9 Å². The van der Waals surface area contributed by atoms with Crippen LogP contribution >= 0.6 is 0 Å². The van der Waals surface area contributed by atoms with E-state index in [1.165, 1.54) is 0 Å². The maximum Gasteiger partial charge on any atom is 0.423 e. The highest BCUT2D eigenvalue weighted by atomic mass is 28.3. The molecule has 6 nitrogen and oxygen atoms in total. The lowest BCUT2D eigenvalue weighted by atomic mass is 9.89. The van der Waals surface area contributed by atoms with Gasteiger partial charge in [0.05, 0.1) is 24.0 Å². The van der Waals surface area contributed by atoms with Gasteiger partial charge in [0.15, 0.2) is 0 Å². The fourth-order valence-corrected chi connectivity index (χ4v) is 3.10. The summed E-state index contributed by atoms with van der Waals surface area (Å²) in [6.45, 7) is 6.51. The molecule has 1 unspecified atom stereocenters. The van der Waals surface area contributed by atoms with Crippen molar-refractivity contribution in [2.24, 2.45) is 0 Å². The molecule has 2 rings (SSSR count). The molecule has 2 N–H and O–H groups in total. The smallest absolute Gasteiger partial charge is 0.391 e. The zero-order valence-electron chi connectivity index (χ0n) is 14.6. The van der Waals surface area contributed by atoms with Gasteiger partial charge in [-0.3, -0.25) is 4.79 Å². The molecule has 0 bridgehead atoms. The number of rotatable bonds is 7. The van der Waals surface area contributed by atoms with E-state index in [1.807, 2.05) is 0 Å². The lowest BCUT2D eigenvalue weighted by Gasteiger charge is -2.34. The summed E-state index contributed by atoms with van der Waals surface area (Å²) < 4.78 is 46.0. The summed E-state index contributed by atoms with van der Waals surface area (Å²) in [5.41, 5.74) is -2.96. The average Bonchev–Trinajstić information content (AvgIpc) is 2.46. The van der Waals surface area contributed by atoms with E-state index in [4.69, 9.17) is 4.74 Å². The monoisotopic (exact) mass is 379 g/mol. The van der Waals surface area contributed by atoms with E-state index in [0.717, 1.165) is 12.2 Å². The van der Waals surface area contributed by atoms with Gasteiger partial charge in [0.1, 0.15) is 12.3 Å². The van der Waals surface area contributed by atoms with Gasteiger partial charge in [-0.2, -0.15) is 18.3 Å². The fourth-order valence-electron chi connectivity index (χ4n) is 2.34. The second-order valence-corrected chi connectivity index (χ2v) is 13.1. The fraction of sp³-hybridized carbons (Fsp3) is 0.733. The van der Waals surface area contributed by atoms with Gasteiger partial charge in [-0.1, -0.05) is 19.6 Å². The van der Waals surface area contributed by atoms with Crippen LogP contribution in [0.3, 0.4) is 0 Å². The number of alkyl halides is 3. The Kier molecular flexibility index (Phi) is 5.95. The Morgan fingerprint density at radius 3 is 2.56 bits per heavy atom. The maximum atomic E-state index is 13.3. The minimum Gasteiger partial charge on any atom is -0.391 e. The predicted molar refractivity (Wildman–Crippen MR) is 90.3 cm³/mol. The third kappa shape index (κ3) is 5.29. The van der Waals surface area contributed by atoms with Crippen molar-refractivity contribution in [2.45, 2.75) is 63.6 Å². The lowest BCUT2D eigenvalue weighted by Crippen LogP contribution is -2.44. The third-order valence-corrected chi connectivity index (χ3v) is 5.82. The Morgan fingerprint density at radius 1 is 1.40 bits per heavy atom. The Hall–Kier alpha value is -1.39. The molecule has 0 aromatic carbocycles. The number of nitrogens with zero attached hydrogens (tertiary/aromatic N) is 2. The summed E-state index contributed by atoms with van der Waals surface area (Å²) in [6.07, 6.45) is -3.50. The van der Waals surface area contributed by atoms with Crippen molar-refractivity contribution in [3.05, 3.63) is 22.1 Å². The van der Waals surface area contributed by atoms with Gasteiger partial charge >= 0.3 is 6.18 Å². The van der Waals surface area contributed by atoms with E-state index in [0.29, 0.717) is 24.1 Å². The summed E-state index contributed by atoms with van der Waals surface area (Å²) in [5, 5.41) is 15.9. The molecule has 25 heavy (non-hydrogen) atoms. The van der Waals surface area contributed by atoms with Gasteiger partial charge in [-0.05, 0) is 18.9 Å². The van der Waals surface area contributed by atoms with E-state index in [1.54, 1.807) is 0 Å². The molecule has 0 radical (unpaired) electrons. The first kappa shape index (κ1) is 19.9. The molecule has 0 saturated heterocycles. The van der Waals surface area contributed by atoms with Crippen LogP contribution in [0.5, 0.6) is 0 Å². The van der Waals surface area contributed by atoms with Gasteiger partial charge in [0.2, 0.25) is 0 Å². The molecule has 1 aliphatic carbocycles. The van der Waals surface area contributed by atoms with Gasteiger partial charge in [-0.25, -0.2) is 4.68 Å². The zero-order chi connectivity index (χ0) is 18.8. The number of aliphatic hydroxyl groups excluding tert-OH is 1. The highest BCUT2D eigenvalue weighted by molar-refractivity contribution is 6.76. The van der Waals surface area contributed by atoms with E-state index in [-0.39, 0.29) is 6.73 Å². The number of hydrogen-bond acceptors (Lipinski definition) is 5. The topological polar surface area (TPSA) is 76.4 Å². The standard InChI is InChI=1S/C15H24F3N3O3Si/c1-25(2,3)7-6-24-9-21-14(23)13(15(16,17)18)11(8-19-21)20-10-4-5-12(10)22/h8,10,12,20,22H,4-7,9H2,1-3H3/t10?,12-/m0/s1. The molecule has 1 aliphatic rings. The van der Waals surface area contributed by atoms with Crippen LogP contribution in [0.2, 0.25) is 25.7 Å². The number of nitrogens with one attached hydrogen (secondary N) is 1. The molecule has 1 heterocycles. The van der Waals surface area contributed by atoms with Gasteiger partial charge < -0.3 is 15.2 Å². The molecule has 2 atom stereocenters. The largest absolute Gasteiger partial charge is 0.423 e. The number of aromatic nitrogens is 2. The molecular formula is C15H24F3N3O3Si. The third-order valence-electron chi connectivity index (χ3n) is 4.12. The quantitative estimate of drug-likeness (QED) is 0.562. The van der Waals surface area contributed by atoms with E-state index in [2.05, 4.69) is 30.1 Å². The summed E-state index contributed by atoms with van der Waals surface area (Å²) in [4.78, 5) is 12.2. The van der Waals surface area contributed by atoms with Crippen molar-refractivity contribution >= 4 is 13.8 Å². The summed E-state index contributed by atoms with van der Waals surface area (Å²) in [6, 6.07) is 0.346. The van der Waals surface area contributed by atoms with E-state index >= 15 is 0 Å². The molecule has 0 amide bonds. The predicted octanol–water partition coefficient (Wildman–Crippen LogP) is 2.51. The molecule has 1 fully saturated rings. The molecule has 0 aliphatic heterocycles. The average molecular weight is 379 g/mol. The maximum absolute atomic E-state index is 13.3. The normalized spacial score (nSPS) is 21.1. The van der Waals surface area contributed by atoms with Gasteiger partial charge in [-0.15, -0.1) is 0 Å². The van der Waals surface area contributed by atoms with Crippen LogP contribution in [0.1, 0.15) is 18.4 Å².